The zero-order chi connectivity index (χ0) is 13.2. The monoisotopic (exact) mass is 296 g/mol. The van der Waals surface area contributed by atoms with Gasteiger partial charge in [0.15, 0.2) is 5.01 Å². The number of aromatic nitrogens is 3. The van der Waals surface area contributed by atoms with E-state index in [1.807, 2.05) is 0 Å². The molecule has 0 bridgehead atoms. The molecular formula is C12H16N4OS2. The summed E-state index contributed by atoms with van der Waals surface area (Å²) in [6.45, 7) is 3.47. The molecule has 2 aromatic rings. The van der Waals surface area contributed by atoms with E-state index >= 15 is 0 Å². The molecule has 1 N–H and O–H groups in total. The summed E-state index contributed by atoms with van der Waals surface area (Å²) in [7, 11) is 1.69. The Morgan fingerprint density at radius 3 is 2.89 bits per heavy atom. The van der Waals surface area contributed by atoms with Gasteiger partial charge < -0.3 is 10.1 Å². The minimum Gasteiger partial charge on any atom is -0.383 e. The summed E-state index contributed by atoms with van der Waals surface area (Å²) in [6, 6.07) is 0. The minimum absolute atomic E-state index is 0.667. The second-order valence-corrected chi connectivity index (χ2v) is 6.58. The van der Waals surface area contributed by atoms with E-state index in [0.717, 1.165) is 22.4 Å². The number of thiazole rings is 1. The van der Waals surface area contributed by atoms with Crippen molar-refractivity contribution in [2.24, 2.45) is 0 Å². The summed E-state index contributed by atoms with van der Waals surface area (Å²) in [5.74, 6) is 0.699. The molecule has 102 valence electrons. The van der Waals surface area contributed by atoms with Crippen molar-refractivity contribution in [1.29, 1.82) is 0 Å². The van der Waals surface area contributed by atoms with Crippen LogP contribution in [0.2, 0.25) is 0 Å². The van der Waals surface area contributed by atoms with E-state index in [2.05, 4.69) is 27.4 Å². The second-order valence-electron chi connectivity index (χ2n) is 4.57. The third-order valence-electron chi connectivity index (χ3n) is 2.94. The van der Waals surface area contributed by atoms with Crippen LogP contribution in [0.15, 0.2) is 0 Å². The van der Waals surface area contributed by atoms with E-state index in [-0.39, 0.29) is 0 Å². The normalized spacial score (nSPS) is 14.8. The number of ether oxygens (including phenoxy) is 1. The van der Waals surface area contributed by atoms with Crippen LogP contribution in [0.5, 0.6) is 0 Å². The van der Waals surface area contributed by atoms with Crippen molar-refractivity contribution >= 4 is 27.8 Å². The Morgan fingerprint density at radius 1 is 1.32 bits per heavy atom. The molecule has 1 saturated carbocycles. The molecule has 2 heterocycles. The Bertz CT molecular complexity index is 562. The molecule has 0 radical (unpaired) electrons. The fraction of sp³-hybridized carbons (Fsp3) is 0.583. The van der Waals surface area contributed by atoms with Gasteiger partial charge in [0.05, 0.1) is 22.2 Å². The van der Waals surface area contributed by atoms with Crippen LogP contribution in [-0.2, 0) is 4.74 Å². The first-order chi connectivity index (χ1) is 9.28. The molecule has 2 aromatic heterocycles. The molecule has 0 unspecified atom stereocenters. The molecule has 0 aromatic carbocycles. The Kier molecular flexibility index (Phi) is 3.76. The lowest BCUT2D eigenvalue weighted by Gasteiger charge is -1.98. The fourth-order valence-electron chi connectivity index (χ4n) is 1.77. The van der Waals surface area contributed by atoms with Crippen LogP contribution in [0.1, 0.15) is 29.5 Å². The third-order valence-corrected chi connectivity index (χ3v) is 5.30. The van der Waals surface area contributed by atoms with Gasteiger partial charge in [-0.25, -0.2) is 4.98 Å². The van der Waals surface area contributed by atoms with Crippen LogP contribution in [0, 0.1) is 6.92 Å². The Hall–Kier alpha value is -1.05. The maximum absolute atomic E-state index is 5.00. The smallest absolute Gasteiger partial charge is 0.206 e. The molecule has 0 saturated heterocycles. The van der Waals surface area contributed by atoms with Gasteiger partial charge in [0.1, 0.15) is 0 Å². The van der Waals surface area contributed by atoms with Gasteiger partial charge in [-0.2, -0.15) is 0 Å². The van der Waals surface area contributed by atoms with Crippen molar-refractivity contribution < 1.29 is 4.74 Å². The average Bonchev–Trinajstić information content (AvgIpc) is 3.03. The topological polar surface area (TPSA) is 59.9 Å². The van der Waals surface area contributed by atoms with Crippen LogP contribution >= 0.6 is 22.7 Å². The minimum atomic E-state index is 0.667. The summed E-state index contributed by atoms with van der Waals surface area (Å²) >= 11 is 3.35. The summed E-state index contributed by atoms with van der Waals surface area (Å²) in [4.78, 5) is 5.82. The van der Waals surface area contributed by atoms with Gasteiger partial charge in [-0.05, 0) is 19.8 Å². The third kappa shape index (κ3) is 2.93. The Morgan fingerprint density at radius 2 is 2.16 bits per heavy atom. The van der Waals surface area contributed by atoms with Crippen molar-refractivity contribution in [3.8, 4) is 9.88 Å². The molecule has 0 aliphatic heterocycles. The van der Waals surface area contributed by atoms with E-state index < -0.39 is 0 Å². The van der Waals surface area contributed by atoms with Crippen LogP contribution in [0.3, 0.4) is 0 Å². The summed E-state index contributed by atoms with van der Waals surface area (Å²) in [5, 5.41) is 14.7. The van der Waals surface area contributed by atoms with E-state index in [1.54, 1.807) is 29.8 Å². The Labute approximate surface area is 120 Å². The molecule has 0 atom stereocenters. The maximum atomic E-state index is 5.00. The number of anilines is 1. The molecule has 1 aliphatic carbocycles. The molecule has 7 heteroatoms. The summed E-state index contributed by atoms with van der Waals surface area (Å²) < 4.78 is 5.00. The first-order valence-electron chi connectivity index (χ1n) is 6.32. The largest absolute Gasteiger partial charge is 0.383 e. The molecule has 0 spiro atoms. The summed E-state index contributed by atoms with van der Waals surface area (Å²) in [5.41, 5.74) is 1.08. The van der Waals surface area contributed by atoms with Gasteiger partial charge in [-0.15, -0.1) is 21.5 Å². The van der Waals surface area contributed by atoms with E-state index in [0.29, 0.717) is 12.5 Å². The lowest BCUT2D eigenvalue weighted by Crippen LogP contribution is -2.06. The zero-order valence-corrected chi connectivity index (χ0v) is 12.6. The highest BCUT2D eigenvalue weighted by atomic mass is 32.1. The standard InChI is InChI=1S/C12H16N4OS2/c1-7-9(18-10(14-7)8-3-4-8)11-15-16-12(19-11)13-5-6-17-2/h8H,3-6H2,1-2H3,(H,13,16). The predicted octanol–water partition coefficient (Wildman–Crippen LogP) is 2.91. The van der Waals surface area contributed by atoms with E-state index in [9.17, 15) is 0 Å². The van der Waals surface area contributed by atoms with Crippen LogP contribution in [-0.4, -0.2) is 35.4 Å². The average molecular weight is 296 g/mol. The van der Waals surface area contributed by atoms with Crippen LogP contribution in [0.4, 0.5) is 5.13 Å². The molecular weight excluding hydrogens is 280 g/mol. The number of rotatable bonds is 6. The SMILES string of the molecule is COCCNc1nnc(-c2sc(C3CC3)nc2C)s1. The van der Waals surface area contributed by atoms with Gasteiger partial charge in [0, 0.05) is 19.6 Å². The molecule has 5 nitrogen and oxygen atoms in total. The van der Waals surface area contributed by atoms with Gasteiger partial charge >= 0.3 is 0 Å². The van der Waals surface area contributed by atoms with Crippen LogP contribution < -0.4 is 5.32 Å². The fourth-order valence-corrected chi connectivity index (χ4v) is 3.89. The molecule has 1 fully saturated rings. The van der Waals surface area contributed by atoms with Crippen molar-refractivity contribution in [3.05, 3.63) is 10.7 Å². The maximum Gasteiger partial charge on any atom is 0.206 e. The van der Waals surface area contributed by atoms with Gasteiger partial charge in [-0.3, -0.25) is 0 Å². The van der Waals surface area contributed by atoms with Crippen molar-refractivity contribution in [3.63, 3.8) is 0 Å². The number of hydrogen-bond acceptors (Lipinski definition) is 7. The van der Waals surface area contributed by atoms with Crippen molar-refractivity contribution in [2.45, 2.75) is 25.7 Å². The van der Waals surface area contributed by atoms with Crippen molar-refractivity contribution in [2.75, 3.05) is 25.6 Å². The predicted molar refractivity (Wildman–Crippen MR) is 78.1 cm³/mol. The number of nitrogens with one attached hydrogen (secondary N) is 1. The van der Waals surface area contributed by atoms with E-state index in [1.165, 1.54) is 22.7 Å². The van der Waals surface area contributed by atoms with Crippen LogP contribution in [0.25, 0.3) is 9.88 Å². The molecule has 0 amide bonds. The summed E-state index contributed by atoms with van der Waals surface area (Å²) in [6.07, 6.45) is 2.57. The highest BCUT2D eigenvalue weighted by Gasteiger charge is 2.28. The lowest BCUT2D eigenvalue weighted by molar-refractivity contribution is 0.211. The van der Waals surface area contributed by atoms with Crippen molar-refractivity contribution in [1.82, 2.24) is 15.2 Å². The number of hydrogen-bond donors (Lipinski definition) is 1. The van der Waals surface area contributed by atoms with Gasteiger partial charge in [0.25, 0.3) is 0 Å². The quantitative estimate of drug-likeness (QED) is 0.831. The van der Waals surface area contributed by atoms with E-state index in [4.69, 9.17) is 4.74 Å². The molecule has 19 heavy (non-hydrogen) atoms. The Balaban J connectivity index is 1.74. The first kappa shape index (κ1) is 13.0. The number of nitrogens with zero attached hydrogens (tertiary/aromatic N) is 3. The molecule has 3 rings (SSSR count). The molecule has 1 aliphatic rings. The zero-order valence-electron chi connectivity index (χ0n) is 11.0. The lowest BCUT2D eigenvalue weighted by atomic mass is 10.4. The second kappa shape index (κ2) is 5.52. The van der Waals surface area contributed by atoms with Gasteiger partial charge in [-0.1, -0.05) is 11.3 Å². The number of methoxy groups -OCH3 is 1. The highest BCUT2D eigenvalue weighted by Crippen LogP contribution is 2.45. The number of aryl methyl sites for hydroxylation is 1. The first-order valence-corrected chi connectivity index (χ1v) is 7.95. The van der Waals surface area contributed by atoms with Gasteiger partial charge in [0.2, 0.25) is 5.13 Å². The highest BCUT2D eigenvalue weighted by molar-refractivity contribution is 7.23.